The van der Waals surface area contributed by atoms with Crippen LogP contribution in [0.5, 0.6) is 0 Å². The molecule has 1 unspecified atom stereocenters. The minimum Gasteiger partial charge on any atom is -0.318 e. The molecule has 0 aliphatic carbocycles. The molecule has 0 amide bonds. The number of benzene rings is 1. The van der Waals surface area contributed by atoms with E-state index in [1.54, 1.807) is 0 Å². The van der Waals surface area contributed by atoms with Crippen LogP contribution in [0.4, 0.5) is 0 Å². The summed E-state index contributed by atoms with van der Waals surface area (Å²) in [6.45, 7) is 0. The topological polar surface area (TPSA) is 103 Å². The molecule has 1 aromatic carbocycles. The second kappa shape index (κ2) is 3.87. The van der Waals surface area contributed by atoms with Crippen LogP contribution >= 0.6 is 0 Å². The summed E-state index contributed by atoms with van der Waals surface area (Å²) >= 11 is 0. The Kier molecular flexibility index (Phi) is 3.00. The summed E-state index contributed by atoms with van der Waals surface area (Å²) in [5, 5.41) is 4.89. The number of hydrogen-bond donors (Lipinski definition) is 2. The smallest absolute Gasteiger partial charge is 0.238 e. The van der Waals surface area contributed by atoms with Gasteiger partial charge < -0.3 is 10.5 Å². The highest BCUT2D eigenvalue weighted by Gasteiger charge is 2.08. The Hall–Kier alpha value is -1.24. The van der Waals surface area contributed by atoms with E-state index in [0.29, 0.717) is 11.8 Å². The summed E-state index contributed by atoms with van der Waals surface area (Å²) in [7, 11) is -3.68. The van der Waals surface area contributed by atoms with E-state index in [1.165, 1.54) is 24.3 Å². The van der Waals surface area contributed by atoms with E-state index in [2.05, 4.69) is 0 Å². The molecule has 0 aliphatic heterocycles. The highest BCUT2D eigenvalue weighted by molar-refractivity contribution is 7.89. The van der Waals surface area contributed by atoms with Gasteiger partial charge in [-0.2, -0.15) is 0 Å². The summed E-state index contributed by atoms with van der Waals surface area (Å²) in [5.74, 6) is 0. The summed E-state index contributed by atoms with van der Waals surface area (Å²) in [4.78, 5) is 10.3. The third-order valence-corrected chi connectivity index (χ3v) is 2.67. The van der Waals surface area contributed by atoms with Crippen molar-refractivity contribution in [2.45, 2.75) is 10.9 Å². The number of carbonyl (C=O) groups is 1. The van der Waals surface area contributed by atoms with Crippen molar-refractivity contribution < 1.29 is 13.2 Å². The van der Waals surface area contributed by atoms with Gasteiger partial charge in [0.15, 0.2) is 0 Å². The molecule has 14 heavy (non-hydrogen) atoms. The first-order valence-electron chi connectivity index (χ1n) is 3.79. The number of carbonyl (C=O) groups excluding carboxylic acids is 1. The van der Waals surface area contributed by atoms with Crippen molar-refractivity contribution >= 4 is 16.3 Å². The van der Waals surface area contributed by atoms with Crippen molar-refractivity contribution in [3.63, 3.8) is 0 Å². The molecule has 1 rings (SSSR count). The van der Waals surface area contributed by atoms with Crippen molar-refractivity contribution in [3.05, 3.63) is 29.8 Å². The van der Waals surface area contributed by atoms with Crippen molar-refractivity contribution in [2.75, 3.05) is 0 Å². The zero-order valence-corrected chi connectivity index (χ0v) is 8.07. The van der Waals surface area contributed by atoms with Crippen LogP contribution in [-0.2, 0) is 14.8 Å². The normalized spacial score (nSPS) is 13.6. The van der Waals surface area contributed by atoms with E-state index in [0.717, 1.165) is 0 Å². The number of sulfonamides is 1. The van der Waals surface area contributed by atoms with E-state index >= 15 is 0 Å². The second-order valence-electron chi connectivity index (χ2n) is 2.78. The Morgan fingerprint density at radius 1 is 1.21 bits per heavy atom. The molecule has 0 radical (unpaired) electrons. The van der Waals surface area contributed by atoms with Crippen LogP contribution in [0, 0.1) is 0 Å². The van der Waals surface area contributed by atoms with Gasteiger partial charge in [0.25, 0.3) is 0 Å². The van der Waals surface area contributed by atoms with Gasteiger partial charge in [-0.15, -0.1) is 0 Å². The van der Waals surface area contributed by atoms with Crippen LogP contribution in [0.1, 0.15) is 11.6 Å². The summed E-state index contributed by atoms with van der Waals surface area (Å²) in [6, 6.07) is 4.81. The van der Waals surface area contributed by atoms with Crippen LogP contribution in [-0.4, -0.2) is 14.7 Å². The zero-order chi connectivity index (χ0) is 10.8. The minimum atomic E-state index is -3.68. The van der Waals surface area contributed by atoms with Gasteiger partial charge in [0.1, 0.15) is 6.29 Å². The van der Waals surface area contributed by atoms with Crippen molar-refractivity contribution in [1.82, 2.24) is 0 Å². The molecule has 0 bridgehead atoms. The maximum atomic E-state index is 10.9. The van der Waals surface area contributed by atoms with Gasteiger partial charge in [-0.25, -0.2) is 13.6 Å². The first kappa shape index (κ1) is 10.8. The molecule has 0 aromatic heterocycles. The lowest BCUT2D eigenvalue weighted by molar-refractivity contribution is -0.109. The average molecular weight is 214 g/mol. The molecule has 0 saturated heterocycles. The van der Waals surface area contributed by atoms with Crippen molar-refractivity contribution in [2.24, 2.45) is 10.9 Å². The van der Waals surface area contributed by atoms with E-state index in [1.807, 2.05) is 0 Å². The summed E-state index contributed by atoms with van der Waals surface area (Å²) in [6.07, 6.45) is 0.575. The maximum Gasteiger partial charge on any atom is 0.238 e. The molecule has 0 aliphatic rings. The number of aldehydes is 1. The number of rotatable bonds is 3. The molecule has 0 spiro atoms. The molecular weight excluding hydrogens is 204 g/mol. The van der Waals surface area contributed by atoms with E-state index < -0.39 is 16.1 Å². The monoisotopic (exact) mass is 214 g/mol. The third-order valence-electron chi connectivity index (χ3n) is 1.74. The number of primary sulfonamides is 1. The molecule has 0 heterocycles. The largest absolute Gasteiger partial charge is 0.318 e. The molecular formula is C8H10N2O3S. The predicted octanol–water partition coefficient (Wildman–Crippen LogP) is -0.467. The predicted molar refractivity (Wildman–Crippen MR) is 50.8 cm³/mol. The Labute approximate surface area is 81.8 Å². The van der Waals surface area contributed by atoms with Gasteiger partial charge in [0.05, 0.1) is 10.9 Å². The van der Waals surface area contributed by atoms with Crippen LogP contribution < -0.4 is 10.9 Å². The Balaban J connectivity index is 3.07. The Bertz CT molecular complexity index is 424. The molecule has 6 heteroatoms. The van der Waals surface area contributed by atoms with Crippen molar-refractivity contribution in [1.29, 1.82) is 0 Å². The van der Waals surface area contributed by atoms with E-state index in [9.17, 15) is 13.2 Å². The van der Waals surface area contributed by atoms with Gasteiger partial charge in [-0.3, -0.25) is 0 Å². The van der Waals surface area contributed by atoms with Gasteiger partial charge in [-0.1, -0.05) is 12.1 Å². The van der Waals surface area contributed by atoms with Crippen LogP contribution in [0.25, 0.3) is 0 Å². The number of nitrogens with two attached hydrogens (primary N) is 2. The SMILES string of the molecule is NC(C=O)c1ccc(S(N)(=O)=O)cc1. The standard InChI is InChI=1S/C8H10N2O3S/c9-8(5-11)6-1-3-7(4-2-6)14(10,12)13/h1-5,8H,9H2,(H2,10,12,13). The molecule has 1 aromatic rings. The second-order valence-corrected chi connectivity index (χ2v) is 4.34. The van der Waals surface area contributed by atoms with E-state index in [4.69, 9.17) is 10.9 Å². The van der Waals surface area contributed by atoms with Gasteiger partial charge >= 0.3 is 0 Å². The zero-order valence-electron chi connectivity index (χ0n) is 7.25. The lowest BCUT2D eigenvalue weighted by Crippen LogP contribution is -2.14. The van der Waals surface area contributed by atoms with Gasteiger partial charge in [0, 0.05) is 0 Å². The fourth-order valence-corrected chi connectivity index (χ4v) is 1.47. The quantitative estimate of drug-likeness (QED) is 0.664. The third kappa shape index (κ3) is 2.38. The van der Waals surface area contributed by atoms with Crippen LogP contribution in [0.15, 0.2) is 29.2 Å². The maximum absolute atomic E-state index is 10.9. The number of hydrogen-bond acceptors (Lipinski definition) is 4. The van der Waals surface area contributed by atoms with E-state index in [-0.39, 0.29) is 4.90 Å². The molecule has 4 N–H and O–H groups in total. The molecule has 76 valence electrons. The average Bonchev–Trinajstić information content (AvgIpc) is 2.15. The molecule has 0 fully saturated rings. The first-order chi connectivity index (χ1) is 6.45. The lowest BCUT2D eigenvalue weighted by atomic mass is 10.1. The summed E-state index contributed by atoms with van der Waals surface area (Å²) < 4.78 is 21.7. The summed E-state index contributed by atoms with van der Waals surface area (Å²) in [5.41, 5.74) is 5.95. The minimum absolute atomic E-state index is 0.000603. The lowest BCUT2D eigenvalue weighted by Gasteiger charge is -2.04. The highest BCUT2D eigenvalue weighted by atomic mass is 32.2. The Morgan fingerprint density at radius 3 is 2.07 bits per heavy atom. The molecule has 0 saturated carbocycles. The highest BCUT2D eigenvalue weighted by Crippen LogP contribution is 2.12. The Morgan fingerprint density at radius 2 is 1.71 bits per heavy atom. The van der Waals surface area contributed by atoms with Crippen LogP contribution in [0.2, 0.25) is 0 Å². The van der Waals surface area contributed by atoms with Gasteiger partial charge in [0.2, 0.25) is 10.0 Å². The molecule has 5 nitrogen and oxygen atoms in total. The van der Waals surface area contributed by atoms with Gasteiger partial charge in [-0.05, 0) is 17.7 Å². The fourth-order valence-electron chi connectivity index (χ4n) is 0.958. The van der Waals surface area contributed by atoms with Crippen LogP contribution in [0.3, 0.4) is 0 Å². The van der Waals surface area contributed by atoms with Crippen molar-refractivity contribution in [3.8, 4) is 0 Å². The fraction of sp³-hybridized carbons (Fsp3) is 0.125. The first-order valence-corrected chi connectivity index (χ1v) is 5.33. The molecule has 1 atom stereocenters.